The maximum absolute atomic E-state index is 10.7. The predicted molar refractivity (Wildman–Crippen MR) is 41.9 cm³/mol. The largest absolute Gasteiger partial charge is 0.453 e. The zero-order chi connectivity index (χ0) is 8.10. The Kier molecular flexibility index (Phi) is 3.20. The van der Waals surface area contributed by atoms with Gasteiger partial charge in [0.2, 0.25) is 0 Å². The third-order valence-electron chi connectivity index (χ3n) is 1.92. The lowest BCUT2D eigenvalue weighted by Crippen LogP contribution is -2.29. The van der Waals surface area contributed by atoms with Crippen molar-refractivity contribution in [3.8, 4) is 0 Å². The quantitative estimate of drug-likeness (QED) is 0.629. The van der Waals surface area contributed by atoms with Gasteiger partial charge in [0.05, 0.1) is 13.2 Å². The van der Waals surface area contributed by atoms with Gasteiger partial charge in [-0.25, -0.2) is 4.79 Å². The molecule has 0 aliphatic heterocycles. The maximum Gasteiger partial charge on any atom is 0.407 e. The first kappa shape index (κ1) is 8.37. The number of rotatable bonds is 1. The molecule has 0 spiro atoms. The first-order valence-corrected chi connectivity index (χ1v) is 4.02. The molecule has 0 saturated heterocycles. The van der Waals surface area contributed by atoms with Gasteiger partial charge in [-0.3, -0.25) is 0 Å². The van der Waals surface area contributed by atoms with Crippen LogP contribution in [0.4, 0.5) is 4.79 Å². The fourth-order valence-corrected chi connectivity index (χ4v) is 1.30. The smallest absolute Gasteiger partial charge is 0.407 e. The van der Waals surface area contributed by atoms with E-state index in [-0.39, 0.29) is 6.09 Å². The molecule has 3 nitrogen and oxygen atoms in total. The molecule has 0 aromatic carbocycles. The second-order valence-corrected chi connectivity index (χ2v) is 2.78. The van der Waals surface area contributed by atoms with E-state index in [4.69, 9.17) is 0 Å². The summed E-state index contributed by atoms with van der Waals surface area (Å²) < 4.78 is 4.48. The minimum Gasteiger partial charge on any atom is -0.453 e. The summed E-state index contributed by atoms with van der Waals surface area (Å²) in [6.45, 7) is 0. The summed E-state index contributed by atoms with van der Waals surface area (Å²) in [6.07, 6.45) is 5.39. The lowest BCUT2D eigenvalue weighted by Gasteiger charge is -2.20. The van der Waals surface area contributed by atoms with Gasteiger partial charge in [-0.2, -0.15) is 0 Å². The molecule has 0 aromatic rings. The van der Waals surface area contributed by atoms with Crippen LogP contribution < -0.4 is 5.32 Å². The molecule has 3 heteroatoms. The van der Waals surface area contributed by atoms with Gasteiger partial charge in [0.1, 0.15) is 0 Å². The number of carbonyl (C=O) groups excluding carboxylic acids is 1. The Bertz CT molecular complexity index is 130. The summed E-state index contributed by atoms with van der Waals surface area (Å²) >= 11 is 0. The van der Waals surface area contributed by atoms with Crippen LogP contribution in [0.1, 0.15) is 32.1 Å². The number of nitrogens with one attached hydrogen (secondary N) is 1. The van der Waals surface area contributed by atoms with Crippen molar-refractivity contribution < 1.29 is 9.53 Å². The number of amides is 1. The molecular formula is C8H14NO2. The molecule has 0 heterocycles. The van der Waals surface area contributed by atoms with Crippen LogP contribution in [0.2, 0.25) is 0 Å². The molecule has 1 radical (unpaired) electrons. The van der Waals surface area contributed by atoms with Crippen LogP contribution in [0.5, 0.6) is 0 Å². The van der Waals surface area contributed by atoms with Crippen LogP contribution in [0.3, 0.4) is 0 Å². The highest BCUT2D eigenvalue weighted by Gasteiger charge is 2.16. The highest BCUT2D eigenvalue weighted by Crippen LogP contribution is 2.22. The Labute approximate surface area is 67.1 Å². The Hall–Kier alpha value is -0.730. The third-order valence-corrected chi connectivity index (χ3v) is 1.92. The van der Waals surface area contributed by atoms with Gasteiger partial charge in [-0.15, -0.1) is 0 Å². The summed E-state index contributed by atoms with van der Waals surface area (Å²) in [6, 6.07) is 1.13. The van der Waals surface area contributed by atoms with Gasteiger partial charge < -0.3 is 10.1 Å². The van der Waals surface area contributed by atoms with E-state index in [1.54, 1.807) is 0 Å². The first-order valence-electron chi connectivity index (χ1n) is 4.02. The molecule has 1 aliphatic carbocycles. The molecule has 0 bridgehead atoms. The van der Waals surface area contributed by atoms with E-state index in [0.717, 1.165) is 18.9 Å². The first-order chi connectivity index (χ1) is 5.33. The summed E-state index contributed by atoms with van der Waals surface area (Å²) in [5, 5.41) is 2.72. The minimum atomic E-state index is -0.332. The molecular weight excluding hydrogens is 142 g/mol. The number of methoxy groups -OCH3 is 1. The number of hydrogen-bond acceptors (Lipinski definition) is 2. The number of ether oxygens (including phenoxy) is 1. The predicted octanol–water partition coefficient (Wildman–Crippen LogP) is 1.84. The summed E-state index contributed by atoms with van der Waals surface area (Å²) in [5.74, 6) is 0. The van der Waals surface area contributed by atoms with Gasteiger partial charge in [0.25, 0.3) is 0 Å². The maximum atomic E-state index is 10.7. The number of carbonyl (C=O) groups is 1. The van der Waals surface area contributed by atoms with E-state index in [9.17, 15) is 4.79 Å². The molecule has 11 heavy (non-hydrogen) atoms. The van der Waals surface area contributed by atoms with Gasteiger partial charge in [-0.05, 0) is 12.8 Å². The highest BCUT2D eigenvalue weighted by molar-refractivity contribution is 5.68. The number of alkyl carbamates (subject to hydrolysis) is 1. The van der Waals surface area contributed by atoms with Crippen LogP contribution in [0.25, 0.3) is 0 Å². The zero-order valence-corrected chi connectivity index (χ0v) is 6.85. The van der Waals surface area contributed by atoms with Crippen LogP contribution in [-0.2, 0) is 4.74 Å². The average molecular weight is 156 g/mol. The monoisotopic (exact) mass is 156 g/mol. The lowest BCUT2D eigenvalue weighted by molar-refractivity contribution is 0.170. The average Bonchev–Trinajstić information content (AvgIpc) is 2.06. The van der Waals surface area contributed by atoms with Crippen LogP contribution in [0, 0.1) is 6.04 Å². The van der Waals surface area contributed by atoms with E-state index >= 15 is 0 Å². The van der Waals surface area contributed by atoms with E-state index in [1.807, 2.05) is 0 Å². The molecule has 1 fully saturated rings. The second kappa shape index (κ2) is 4.21. The van der Waals surface area contributed by atoms with Gasteiger partial charge in [0.15, 0.2) is 0 Å². The van der Waals surface area contributed by atoms with E-state index in [0.29, 0.717) is 0 Å². The Morgan fingerprint density at radius 1 is 1.36 bits per heavy atom. The fraction of sp³-hybridized carbons (Fsp3) is 0.750. The molecule has 0 unspecified atom stereocenters. The zero-order valence-electron chi connectivity index (χ0n) is 6.85. The molecule has 0 aromatic heterocycles. The topological polar surface area (TPSA) is 38.3 Å². The summed E-state index contributed by atoms with van der Waals surface area (Å²) in [7, 11) is 1.39. The third kappa shape index (κ3) is 2.78. The normalized spacial score (nSPS) is 19.4. The minimum absolute atomic E-state index is 0.332. The van der Waals surface area contributed by atoms with Crippen LogP contribution in [0.15, 0.2) is 0 Å². The molecule has 1 saturated carbocycles. The second-order valence-electron chi connectivity index (χ2n) is 2.78. The fourth-order valence-electron chi connectivity index (χ4n) is 1.30. The Morgan fingerprint density at radius 2 is 2.00 bits per heavy atom. The molecule has 1 rings (SSSR count). The molecule has 63 valence electrons. The SMILES string of the molecule is COC(=O)N[C]1CCCCC1. The Balaban J connectivity index is 2.19. The summed E-state index contributed by atoms with van der Waals surface area (Å²) in [5.41, 5.74) is 0. The van der Waals surface area contributed by atoms with Crippen molar-refractivity contribution in [1.82, 2.24) is 5.32 Å². The van der Waals surface area contributed by atoms with E-state index in [1.165, 1.54) is 26.4 Å². The van der Waals surface area contributed by atoms with Gasteiger partial charge in [0, 0.05) is 0 Å². The van der Waals surface area contributed by atoms with E-state index < -0.39 is 0 Å². The Morgan fingerprint density at radius 3 is 2.55 bits per heavy atom. The van der Waals surface area contributed by atoms with Crippen molar-refractivity contribution in [2.24, 2.45) is 0 Å². The van der Waals surface area contributed by atoms with Crippen molar-refractivity contribution in [3.63, 3.8) is 0 Å². The molecule has 1 amide bonds. The van der Waals surface area contributed by atoms with Crippen LogP contribution in [-0.4, -0.2) is 13.2 Å². The molecule has 0 atom stereocenters. The van der Waals surface area contributed by atoms with Crippen molar-refractivity contribution in [2.75, 3.05) is 7.11 Å². The van der Waals surface area contributed by atoms with Crippen molar-refractivity contribution >= 4 is 6.09 Å². The summed E-state index contributed by atoms with van der Waals surface area (Å²) in [4.78, 5) is 10.7. The standard InChI is InChI=1S/C8H14NO2/c1-11-8(10)9-7-5-3-2-4-6-7/h2-6H2,1H3,(H,9,10). The van der Waals surface area contributed by atoms with Crippen molar-refractivity contribution in [2.45, 2.75) is 32.1 Å². The van der Waals surface area contributed by atoms with Gasteiger partial charge >= 0.3 is 6.09 Å². The van der Waals surface area contributed by atoms with Crippen LogP contribution >= 0.6 is 0 Å². The van der Waals surface area contributed by atoms with Gasteiger partial charge in [-0.1, -0.05) is 19.3 Å². The highest BCUT2D eigenvalue weighted by atomic mass is 16.5. The molecule has 1 N–H and O–H groups in total. The van der Waals surface area contributed by atoms with E-state index in [2.05, 4.69) is 10.1 Å². The lowest BCUT2D eigenvalue weighted by atomic mass is 9.96. The van der Waals surface area contributed by atoms with Crippen molar-refractivity contribution in [3.05, 3.63) is 6.04 Å². The number of hydrogen-bond donors (Lipinski definition) is 1. The van der Waals surface area contributed by atoms with Crippen molar-refractivity contribution in [1.29, 1.82) is 0 Å². The molecule has 1 aliphatic rings.